The van der Waals surface area contributed by atoms with Gasteiger partial charge >= 0.3 is 0 Å². The van der Waals surface area contributed by atoms with E-state index in [-0.39, 0.29) is 5.91 Å². The second-order valence-corrected chi connectivity index (χ2v) is 6.19. The van der Waals surface area contributed by atoms with Crippen LogP contribution in [0.25, 0.3) is 0 Å². The molecule has 1 aliphatic rings. The smallest absolute Gasteiger partial charge is 0.230 e. The molecule has 106 valence electrons. The van der Waals surface area contributed by atoms with E-state index in [1.54, 1.807) is 0 Å². The van der Waals surface area contributed by atoms with Crippen LogP contribution in [0.1, 0.15) is 33.1 Å². The number of carbonyl (C=O) groups excluding carboxylic acids is 1. The molecule has 1 saturated carbocycles. The van der Waals surface area contributed by atoms with Gasteiger partial charge in [-0.05, 0) is 18.3 Å². The van der Waals surface area contributed by atoms with E-state index in [0.717, 1.165) is 6.42 Å². The van der Waals surface area contributed by atoms with Crippen molar-refractivity contribution < 1.29 is 4.79 Å². The molecule has 0 saturated heterocycles. The Balaban J connectivity index is 1.79. The maximum Gasteiger partial charge on any atom is 0.230 e. The number of nitrogen functional groups attached to an aromatic ring is 1. The van der Waals surface area contributed by atoms with Crippen molar-refractivity contribution >= 4 is 17.7 Å². The van der Waals surface area contributed by atoms with Gasteiger partial charge < -0.3 is 11.2 Å². The Morgan fingerprint density at radius 3 is 3.05 bits per heavy atom. The zero-order valence-electron chi connectivity index (χ0n) is 11.4. The fourth-order valence-electron chi connectivity index (χ4n) is 2.50. The van der Waals surface area contributed by atoms with E-state index in [1.807, 2.05) is 0 Å². The normalized spacial score (nSPS) is 27.2. The molecular weight excluding hydrogens is 262 g/mol. The maximum atomic E-state index is 11.9. The molecule has 0 spiro atoms. The van der Waals surface area contributed by atoms with Crippen molar-refractivity contribution in [3.8, 4) is 0 Å². The molecule has 0 radical (unpaired) electrons. The first kappa shape index (κ1) is 14.2. The first-order valence-electron chi connectivity index (χ1n) is 6.65. The topological polar surface area (TPSA) is 85.8 Å². The highest BCUT2D eigenvalue weighted by Crippen LogP contribution is 2.29. The quantitative estimate of drug-likeness (QED) is 0.636. The summed E-state index contributed by atoms with van der Waals surface area (Å²) in [6.45, 7) is 4.48. The van der Waals surface area contributed by atoms with Crippen LogP contribution in [0.4, 0.5) is 0 Å². The van der Waals surface area contributed by atoms with Crippen LogP contribution in [0.5, 0.6) is 0 Å². The molecule has 3 atom stereocenters. The summed E-state index contributed by atoms with van der Waals surface area (Å²) < 4.78 is 1.32. The zero-order chi connectivity index (χ0) is 13.8. The monoisotopic (exact) mass is 283 g/mol. The molecule has 1 aromatic rings. The van der Waals surface area contributed by atoms with Crippen molar-refractivity contribution in [1.82, 2.24) is 20.2 Å². The molecule has 0 unspecified atom stereocenters. The summed E-state index contributed by atoms with van der Waals surface area (Å²) in [7, 11) is 0. The van der Waals surface area contributed by atoms with E-state index >= 15 is 0 Å². The van der Waals surface area contributed by atoms with Gasteiger partial charge in [0.2, 0.25) is 11.1 Å². The van der Waals surface area contributed by atoms with Gasteiger partial charge in [-0.3, -0.25) is 4.79 Å². The Bertz CT molecular complexity index is 436. The molecule has 7 heteroatoms. The van der Waals surface area contributed by atoms with E-state index < -0.39 is 0 Å². The molecule has 1 amide bonds. The van der Waals surface area contributed by atoms with Crippen molar-refractivity contribution in [3.63, 3.8) is 0 Å². The molecule has 3 N–H and O–H groups in total. The van der Waals surface area contributed by atoms with Crippen LogP contribution >= 0.6 is 11.8 Å². The summed E-state index contributed by atoms with van der Waals surface area (Å²) in [6.07, 6.45) is 4.96. The molecule has 1 fully saturated rings. The highest BCUT2D eigenvalue weighted by Gasteiger charge is 2.28. The standard InChI is InChI=1S/C12H21N5OS/c1-8-4-3-5-10(9(8)2)15-11(18)6-19-12-16-14-7-17(12)13/h7-10H,3-6,13H2,1-2H3,(H,15,18)/t8-,9-,10-/m1/s1. The second-order valence-electron chi connectivity index (χ2n) is 5.25. The van der Waals surface area contributed by atoms with Gasteiger partial charge in [-0.15, -0.1) is 10.2 Å². The van der Waals surface area contributed by atoms with Crippen LogP contribution in [0.2, 0.25) is 0 Å². The Morgan fingerprint density at radius 2 is 2.37 bits per heavy atom. The average Bonchev–Trinajstić information content (AvgIpc) is 2.78. The van der Waals surface area contributed by atoms with Crippen LogP contribution in [-0.2, 0) is 4.79 Å². The Labute approximate surface area is 117 Å². The van der Waals surface area contributed by atoms with Crippen molar-refractivity contribution in [3.05, 3.63) is 6.33 Å². The number of thioether (sulfide) groups is 1. The van der Waals surface area contributed by atoms with Crippen molar-refractivity contribution in [2.45, 2.75) is 44.3 Å². The van der Waals surface area contributed by atoms with Gasteiger partial charge in [-0.25, -0.2) is 4.68 Å². The summed E-state index contributed by atoms with van der Waals surface area (Å²) in [4.78, 5) is 11.9. The molecule has 6 nitrogen and oxygen atoms in total. The lowest BCUT2D eigenvalue weighted by Gasteiger charge is -2.34. The molecular formula is C12H21N5OS. The SMILES string of the molecule is C[C@@H]1[C@H](C)CCC[C@H]1NC(=O)CSc1nncn1N. The van der Waals surface area contributed by atoms with Gasteiger partial charge in [0.05, 0.1) is 5.75 Å². The number of nitrogens with two attached hydrogens (primary N) is 1. The van der Waals surface area contributed by atoms with E-state index in [2.05, 4.69) is 29.4 Å². The van der Waals surface area contributed by atoms with Crippen molar-refractivity contribution in [1.29, 1.82) is 0 Å². The summed E-state index contributed by atoms with van der Waals surface area (Å²) in [5.74, 6) is 7.18. The summed E-state index contributed by atoms with van der Waals surface area (Å²) in [5, 5.41) is 11.2. The number of aromatic nitrogens is 3. The largest absolute Gasteiger partial charge is 0.352 e. The van der Waals surface area contributed by atoms with Crippen LogP contribution in [0.15, 0.2) is 11.5 Å². The molecule has 1 heterocycles. The maximum absolute atomic E-state index is 11.9. The van der Waals surface area contributed by atoms with Crippen molar-refractivity contribution in [2.75, 3.05) is 11.6 Å². The molecule has 0 aliphatic heterocycles. The van der Waals surface area contributed by atoms with Gasteiger partial charge in [0.1, 0.15) is 6.33 Å². The van der Waals surface area contributed by atoms with E-state index in [0.29, 0.717) is 28.8 Å². The van der Waals surface area contributed by atoms with Crippen molar-refractivity contribution in [2.24, 2.45) is 11.8 Å². The number of hydrogen-bond acceptors (Lipinski definition) is 5. The summed E-state index contributed by atoms with van der Waals surface area (Å²) in [5.41, 5.74) is 0. The Morgan fingerprint density at radius 1 is 1.58 bits per heavy atom. The number of amides is 1. The van der Waals surface area contributed by atoms with E-state index in [9.17, 15) is 4.79 Å². The lowest BCUT2D eigenvalue weighted by atomic mass is 9.78. The predicted molar refractivity (Wildman–Crippen MR) is 75.0 cm³/mol. The minimum atomic E-state index is 0.0407. The molecule has 19 heavy (non-hydrogen) atoms. The van der Waals surface area contributed by atoms with Crippen LogP contribution in [0, 0.1) is 11.8 Å². The molecule has 2 rings (SSSR count). The lowest BCUT2D eigenvalue weighted by molar-refractivity contribution is -0.120. The van der Waals surface area contributed by atoms with E-state index in [4.69, 9.17) is 5.84 Å². The van der Waals surface area contributed by atoms with Gasteiger partial charge in [0, 0.05) is 6.04 Å². The fourth-order valence-corrected chi connectivity index (χ4v) is 3.14. The van der Waals surface area contributed by atoms with Crippen LogP contribution in [0.3, 0.4) is 0 Å². The Kier molecular flexibility index (Phi) is 4.68. The average molecular weight is 283 g/mol. The van der Waals surface area contributed by atoms with E-state index in [1.165, 1.54) is 35.6 Å². The van der Waals surface area contributed by atoms with Gasteiger partial charge in [0.15, 0.2) is 0 Å². The third-order valence-electron chi connectivity index (χ3n) is 3.93. The van der Waals surface area contributed by atoms with Gasteiger partial charge in [0.25, 0.3) is 0 Å². The minimum Gasteiger partial charge on any atom is -0.352 e. The number of nitrogens with zero attached hydrogens (tertiary/aromatic N) is 3. The van der Waals surface area contributed by atoms with Gasteiger partial charge in [-0.2, -0.15) is 0 Å². The Hall–Kier alpha value is -1.24. The van der Waals surface area contributed by atoms with Gasteiger partial charge in [-0.1, -0.05) is 38.5 Å². The van der Waals surface area contributed by atoms with Crippen LogP contribution < -0.4 is 11.2 Å². The zero-order valence-corrected chi connectivity index (χ0v) is 12.2. The third kappa shape index (κ3) is 3.62. The molecule has 0 bridgehead atoms. The summed E-state index contributed by atoms with van der Waals surface area (Å²) >= 11 is 1.30. The first-order valence-corrected chi connectivity index (χ1v) is 7.63. The number of carbonyl (C=O) groups is 1. The highest BCUT2D eigenvalue weighted by atomic mass is 32.2. The summed E-state index contributed by atoms with van der Waals surface area (Å²) in [6, 6.07) is 0.299. The first-order chi connectivity index (χ1) is 9.08. The number of rotatable bonds is 4. The highest BCUT2D eigenvalue weighted by molar-refractivity contribution is 7.99. The minimum absolute atomic E-state index is 0.0407. The lowest BCUT2D eigenvalue weighted by Crippen LogP contribution is -2.44. The predicted octanol–water partition coefficient (Wildman–Crippen LogP) is 1.02. The molecule has 1 aromatic heterocycles. The molecule has 0 aromatic carbocycles. The third-order valence-corrected chi connectivity index (χ3v) is 4.88. The van der Waals surface area contributed by atoms with Crippen LogP contribution in [-0.4, -0.2) is 32.6 Å². The second kappa shape index (κ2) is 6.27. The number of hydrogen-bond donors (Lipinski definition) is 2. The molecule has 1 aliphatic carbocycles. The fraction of sp³-hybridized carbons (Fsp3) is 0.750. The number of nitrogens with one attached hydrogen (secondary N) is 1.